The smallest absolute Gasteiger partial charge is 0.156 e. The van der Waals surface area contributed by atoms with E-state index in [9.17, 15) is 4.79 Å². The van der Waals surface area contributed by atoms with Crippen molar-refractivity contribution in [1.82, 2.24) is 5.32 Å². The molecule has 1 aliphatic heterocycles. The molecule has 0 saturated carbocycles. The van der Waals surface area contributed by atoms with Gasteiger partial charge in [-0.2, -0.15) is 0 Å². The summed E-state index contributed by atoms with van der Waals surface area (Å²) in [4.78, 5) is 14.0. The molecule has 23 heavy (non-hydrogen) atoms. The van der Waals surface area contributed by atoms with Crippen LogP contribution in [0.3, 0.4) is 0 Å². The Morgan fingerprint density at radius 1 is 1.09 bits per heavy atom. The number of ketones is 1. The minimum Gasteiger partial charge on any atom is -0.357 e. The van der Waals surface area contributed by atoms with Gasteiger partial charge in [0.15, 0.2) is 5.78 Å². The molecular weight excluding hydrogens is 308 g/mol. The van der Waals surface area contributed by atoms with Crippen molar-refractivity contribution in [3.63, 3.8) is 0 Å². The molecule has 120 valence electrons. The second kappa shape index (κ2) is 6.34. The van der Waals surface area contributed by atoms with Crippen LogP contribution in [0.1, 0.15) is 13.8 Å². The zero-order valence-electron chi connectivity index (χ0n) is 13.5. The molecule has 0 amide bonds. The van der Waals surface area contributed by atoms with Gasteiger partial charge in [-0.1, -0.05) is 35.9 Å². The summed E-state index contributed by atoms with van der Waals surface area (Å²) < 4.78 is 0. The lowest BCUT2D eigenvalue weighted by Gasteiger charge is -2.45. The molecule has 1 unspecified atom stereocenters. The molecule has 1 heterocycles. The number of halogens is 1. The lowest BCUT2D eigenvalue weighted by Crippen LogP contribution is -2.63. The molecule has 1 fully saturated rings. The maximum atomic E-state index is 11.9. The summed E-state index contributed by atoms with van der Waals surface area (Å²) in [5.74, 6) is 0.180. The van der Waals surface area contributed by atoms with E-state index in [1.54, 1.807) is 6.92 Å². The average molecular weight is 329 g/mol. The molecule has 4 heteroatoms. The summed E-state index contributed by atoms with van der Waals surface area (Å²) in [6.45, 7) is 6.04. The first-order valence-corrected chi connectivity index (χ1v) is 8.24. The Labute approximate surface area is 142 Å². The molecule has 1 saturated heterocycles. The number of nitrogens with zero attached hydrogens (tertiary/aromatic N) is 1. The maximum Gasteiger partial charge on any atom is 0.156 e. The van der Waals surface area contributed by atoms with E-state index in [0.717, 1.165) is 18.8 Å². The van der Waals surface area contributed by atoms with Crippen LogP contribution in [0.15, 0.2) is 48.5 Å². The number of piperazine rings is 1. The lowest BCUT2D eigenvalue weighted by atomic mass is 9.92. The molecule has 1 N–H and O–H groups in total. The second-order valence-corrected chi connectivity index (χ2v) is 6.65. The number of carbonyl (C=O) groups is 1. The van der Waals surface area contributed by atoms with Crippen molar-refractivity contribution in [3.05, 3.63) is 53.6 Å². The van der Waals surface area contributed by atoms with Gasteiger partial charge in [0.05, 0.1) is 0 Å². The van der Waals surface area contributed by atoms with Gasteiger partial charge in [-0.15, -0.1) is 0 Å². The van der Waals surface area contributed by atoms with Crippen LogP contribution in [0.4, 0.5) is 5.69 Å². The first-order chi connectivity index (χ1) is 11.0. The van der Waals surface area contributed by atoms with Gasteiger partial charge in [0.2, 0.25) is 0 Å². The van der Waals surface area contributed by atoms with Crippen LogP contribution in [0.5, 0.6) is 0 Å². The van der Waals surface area contributed by atoms with Crippen molar-refractivity contribution in [2.45, 2.75) is 19.4 Å². The summed E-state index contributed by atoms with van der Waals surface area (Å²) in [5, 5.41) is 4.00. The Morgan fingerprint density at radius 3 is 2.09 bits per heavy atom. The minimum absolute atomic E-state index is 0.180. The van der Waals surface area contributed by atoms with Gasteiger partial charge in [0.25, 0.3) is 0 Å². The van der Waals surface area contributed by atoms with Crippen LogP contribution in [0.25, 0.3) is 11.1 Å². The first-order valence-electron chi connectivity index (χ1n) is 7.86. The zero-order valence-corrected chi connectivity index (χ0v) is 14.2. The number of nitrogens with one attached hydrogen (secondary N) is 1. The van der Waals surface area contributed by atoms with E-state index in [0.29, 0.717) is 11.6 Å². The van der Waals surface area contributed by atoms with Crippen molar-refractivity contribution in [1.29, 1.82) is 0 Å². The number of carbonyl (C=O) groups excluding carboxylic acids is 1. The lowest BCUT2D eigenvalue weighted by molar-refractivity contribution is -0.121. The molecule has 3 nitrogen and oxygen atoms in total. The van der Waals surface area contributed by atoms with Gasteiger partial charge in [-0.3, -0.25) is 4.79 Å². The molecular formula is C19H21ClN2O. The molecule has 2 aliphatic carbocycles. The Hall–Kier alpha value is -1.84. The Bertz CT molecular complexity index is 675. The molecule has 0 spiro atoms. The van der Waals surface area contributed by atoms with E-state index in [-0.39, 0.29) is 5.78 Å². The third kappa shape index (κ3) is 3.12. The number of rotatable bonds is 2. The highest BCUT2D eigenvalue weighted by Crippen LogP contribution is 2.29. The zero-order chi connectivity index (χ0) is 16.4. The van der Waals surface area contributed by atoms with Crippen LogP contribution in [0, 0.1) is 0 Å². The molecule has 0 aromatic heterocycles. The van der Waals surface area contributed by atoms with Crippen LogP contribution in [-0.2, 0) is 4.79 Å². The highest BCUT2D eigenvalue weighted by molar-refractivity contribution is 6.30. The number of hydrogen-bond donors (Lipinski definition) is 1. The van der Waals surface area contributed by atoms with Crippen molar-refractivity contribution in [2.75, 3.05) is 24.5 Å². The van der Waals surface area contributed by atoms with Crippen molar-refractivity contribution in [3.8, 4) is 11.1 Å². The van der Waals surface area contributed by atoms with Crippen LogP contribution in [0.2, 0.25) is 5.02 Å². The van der Waals surface area contributed by atoms with E-state index in [4.69, 9.17) is 11.6 Å². The van der Waals surface area contributed by atoms with Gasteiger partial charge in [0.1, 0.15) is 5.54 Å². The Balaban J connectivity index is 0.000000213. The van der Waals surface area contributed by atoms with Gasteiger partial charge < -0.3 is 10.2 Å². The Kier molecular flexibility index (Phi) is 4.42. The Morgan fingerprint density at radius 2 is 1.65 bits per heavy atom. The van der Waals surface area contributed by atoms with Crippen LogP contribution >= 0.6 is 11.6 Å². The topological polar surface area (TPSA) is 32.3 Å². The van der Waals surface area contributed by atoms with E-state index >= 15 is 0 Å². The third-order valence-electron chi connectivity index (χ3n) is 4.69. The normalized spacial score (nSPS) is 21.3. The van der Waals surface area contributed by atoms with E-state index < -0.39 is 5.54 Å². The largest absolute Gasteiger partial charge is 0.357 e. The van der Waals surface area contributed by atoms with E-state index in [1.807, 2.05) is 31.2 Å². The number of hydrogen-bond acceptors (Lipinski definition) is 3. The van der Waals surface area contributed by atoms with Gasteiger partial charge in [-0.25, -0.2) is 0 Å². The maximum absolute atomic E-state index is 11.9. The molecule has 1 aromatic carbocycles. The highest BCUT2D eigenvalue weighted by atomic mass is 35.5. The van der Waals surface area contributed by atoms with Gasteiger partial charge >= 0.3 is 0 Å². The SMILES string of the molecule is CC(=O)C1(C)CNCCN1c1ccc(Cl)cc1.c1cc2ccc1-2. The second-order valence-electron chi connectivity index (χ2n) is 6.21. The number of Topliss-reactive ketones (excluding diaryl/α,β-unsaturated/α-hetero) is 1. The van der Waals surface area contributed by atoms with E-state index in [1.165, 1.54) is 11.1 Å². The van der Waals surface area contributed by atoms with Crippen LogP contribution in [-0.4, -0.2) is 31.0 Å². The van der Waals surface area contributed by atoms with E-state index in [2.05, 4.69) is 34.5 Å². The summed E-state index contributed by atoms with van der Waals surface area (Å²) in [5.41, 5.74) is 3.44. The first kappa shape index (κ1) is 16.0. The van der Waals surface area contributed by atoms with Crippen molar-refractivity contribution >= 4 is 23.1 Å². The summed E-state index contributed by atoms with van der Waals surface area (Å²) >= 11 is 5.89. The van der Waals surface area contributed by atoms with Gasteiger partial charge in [-0.05, 0) is 49.2 Å². The summed E-state index contributed by atoms with van der Waals surface area (Å²) in [6.07, 6.45) is 0. The fourth-order valence-electron chi connectivity index (χ4n) is 2.88. The highest BCUT2D eigenvalue weighted by Gasteiger charge is 2.38. The molecule has 0 radical (unpaired) electrons. The molecule has 3 aliphatic rings. The molecule has 4 rings (SSSR count). The van der Waals surface area contributed by atoms with Crippen molar-refractivity contribution in [2.24, 2.45) is 0 Å². The predicted molar refractivity (Wildman–Crippen MR) is 96.2 cm³/mol. The average Bonchev–Trinajstić information content (AvgIpc) is 2.53. The predicted octanol–water partition coefficient (Wildman–Crippen LogP) is 3.76. The number of fused-ring (bicyclic) bond motifs is 1. The third-order valence-corrected chi connectivity index (χ3v) is 4.94. The standard InChI is InChI=1S/C13H17ClN2O.C6H4/c1-10(17)13(2)9-15-7-8-16(13)12-5-3-11(14)4-6-12;1-2-6-4-3-5(1)6/h3-6,15H,7-9H2,1-2H3;1-4H. The van der Waals surface area contributed by atoms with Crippen molar-refractivity contribution < 1.29 is 4.79 Å². The monoisotopic (exact) mass is 328 g/mol. The number of benzene rings is 2. The fourth-order valence-corrected chi connectivity index (χ4v) is 3.00. The quantitative estimate of drug-likeness (QED) is 0.777. The fraction of sp³-hybridized carbons (Fsp3) is 0.316. The molecule has 1 aromatic rings. The van der Waals surface area contributed by atoms with Crippen LogP contribution < -0.4 is 10.2 Å². The molecule has 0 bridgehead atoms. The minimum atomic E-state index is -0.466. The summed E-state index contributed by atoms with van der Waals surface area (Å²) in [6, 6.07) is 16.1. The number of anilines is 1. The van der Waals surface area contributed by atoms with Gasteiger partial charge in [0, 0.05) is 30.3 Å². The molecule has 1 atom stereocenters. The summed E-state index contributed by atoms with van der Waals surface area (Å²) in [7, 11) is 0.